The molecule has 3 rings (SSSR count). The number of rotatable bonds is 2. The van der Waals surface area contributed by atoms with E-state index in [0.29, 0.717) is 0 Å². The predicted octanol–water partition coefficient (Wildman–Crippen LogP) is 3.18. The molecule has 2 saturated heterocycles. The monoisotopic (exact) mass is 290 g/mol. The van der Waals surface area contributed by atoms with Crippen molar-refractivity contribution < 1.29 is 14.6 Å². The normalized spacial score (nSPS) is 28.2. The smallest absolute Gasteiger partial charge is 0.0898 e. The second kappa shape index (κ2) is 5.71. The standard InChI is InChI=1S/C18H26O3/c1-14-3-5-15(6-4-14)17(2,19)16-7-10-21-18(13-16)8-11-20-12-9-18/h3-6,16,19H,7-13H2,1-2H3. The van der Waals surface area contributed by atoms with Crippen LogP contribution in [0.3, 0.4) is 0 Å². The average molecular weight is 290 g/mol. The van der Waals surface area contributed by atoms with Crippen molar-refractivity contribution in [3.63, 3.8) is 0 Å². The predicted molar refractivity (Wildman–Crippen MR) is 82.2 cm³/mol. The Morgan fingerprint density at radius 2 is 1.81 bits per heavy atom. The Morgan fingerprint density at radius 1 is 1.14 bits per heavy atom. The molecule has 116 valence electrons. The Kier molecular flexibility index (Phi) is 4.08. The zero-order chi connectivity index (χ0) is 14.9. The largest absolute Gasteiger partial charge is 0.385 e. The highest BCUT2D eigenvalue weighted by Crippen LogP contribution is 2.44. The maximum Gasteiger partial charge on any atom is 0.0898 e. The molecule has 0 saturated carbocycles. The molecule has 3 heteroatoms. The molecule has 0 aromatic heterocycles. The summed E-state index contributed by atoms with van der Waals surface area (Å²) in [6.45, 7) is 6.33. The van der Waals surface area contributed by atoms with Gasteiger partial charge in [0.25, 0.3) is 0 Å². The van der Waals surface area contributed by atoms with Gasteiger partial charge in [0.2, 0.25) is 0 Å². The summed E-state index contributed by atoms with van der Waals surface area (Å²) in [5, 5.41) is 11.1. The highest BCUT2D eigenvalue weighted by molar-refractivity contribution is 5.27. The van der Waals surface area contributed by atoms with E-state index >= 15 is 0 Å². The molecule has 3 nitrogen and oxygen atoms in total. The molecule has 2 unspecified atom stereocenters. The molecule has 0 radical (unpaired) electrons. The minimum atomic E-state index is -0.789. The fraction of sp³-hybridized carbons (Fsp3) is 0.667. The first-order valence-corrected chi connectivity index (χ1v) is 8.03. The minimum absolute atomic E-state index is 0.0736. The maximum atomic E-state index is 11.1. The Morgan fingerprint density at radius 3 is 2.48 bits per heavy atom. The van der Waals surface area contributed by atoms with Crippen LogP contribution in [0.25, 0.3) is 0 Å². The van der Waals surface area contributed by atoms with E-state index in [-0.39, 0.29) is 11.5 Å². The summed E-state index contributed by atoms with van der Waals surface area (Å²) in [4.78, 5) is 0. The molecule has 21 heavy (non-hydrogen) atoms. The second-order valence-electron chi connectivity index (χ2n) is 6.85. The Hall–Kier alpha value is -0.900. The van der Waals surface area contributed by atoms with E-state index < -0.39 is 5.60 Å². The summed E-state index contributed by atoms with van der Waals surface area (Å²) >= 11 is 0. The number of ether oxygens (including phenoxy) is 2. The lowest BCUT2D eigenvalue weighted by atomic mass is 9.71. The van der Waals surface area contributed by atoms with Crippen LogP contribution < -0.4 is 0 Å². The second-order valence-corrected chi connectivity index (χ2v) is 6.85. The third kappa shape index (κ3) is 3.01. The van der Waals surface area contributed by atoms with Crippen molar-refractivity contribution in [3.8, 4) is 0 Å². The zero-order valence-corrected chi connectivity index (χ0v) is 13.1. The van der Waals surface area contributed by atoms with Crippen LogP contribution in [0.5, 0.6) is 0 Å². The molecule has 2 heterocycles. The summed E-state index contributed by atoms with van der Waals surface area (Å²) in [5.41, 5.74) is 1.38. The number of benzene rings is 1. The van der Waals surface area contributed by atoms with Crippen molar-refractivity contribution in [1.82, 2.24) is 0 Å². The summed E-state index contributed by atoms with van der Waals surface area (Å²) < 4.78 is 11.6. The van der Waals surface area contributed by atoms with Gasteiger partial charge in [0.05, 0.1) is 11.2 Å². The lowest BCUT2D eigenvalue weighted by molar-refractivity contribution is -0.174. The summed E-state index contributed by atoms with van der Waals surface area (Å²) in [5.74, 6) is 0.243. The van der Waals surface area contributed by atoms with Crippen LogP contribution in [0.15, 0.2) is 24.3 Å². The number of hydrogen-bond acceptors (Lipinski definition) is 3. The summed E-state index contributed by atoms with van der Waals surface area (Å²) in [6, 6.07) is 8.27. The highest BCUT2D eigenvalue weighted by Gasteiger charge is 2.45. The zero-order valence-electron chi connectivity index (χ0n) is 13.1. The van der Waals surface area contributed by atoms with Crippen molar-refractivity contribution >= 4 is 0 Å². The molecule has 2 aliphatic heterocycles. The molecule has 2 fully saturated rings. The quantitative estimate of drug-likeness (QED) is 0.909. The average Bonchev–Trinajstić information content (AvgIpc) is 2.48. The lowest BCUT2D eigenvalue weighted by Gasteiger charge is -2.47. The highest BCUT2D eigenvalue weighted by atomic mass is 16.5. The van der Waals surface area contributed by atoms with Crippen LogP contribution >= 0.6 is 0 Å². The number of aliphatic hydroxyl groups is 1. The molecule has 1 aromatic rings. The number of aryl methyl sites for hydroxylation is 1. The summed E-state index contributed by atoms with van der Waals surface area (Å²) in [7, 11) is 0. The minimum Gasteiger partial charge on any atom is -0.385 e. The van der Waals surface area contributed by atoms with Crippen molar-refractivity contribution in [2.75, 3.05) is 19.8 Å². The van der Waals surface area contributed by atoms with Crippen molar-refractivity contribution in [2.24, 2.45) is 5.92 Å². The van der Waals surface area contributed by atoms with Crippen molar-refractivity contribution in [3.05, 3.63) is 35.4 Å². The van der Waals surface area contributed by atoms with Gasteiger partial charge in [0.1, 0.15) is 0 Å². The summed E-state index contributed by atoms with van der Waals surface area (Å²) in [6.07, 6.45) is 3.75. The lowest BCUT2D eigenvalue weighted by Crippen LogP contribution is -2.48. The maximum absolute atomic E-state index is 11.1. The van der Waals surface area contributed by atoms with E-state index in [9.17, 15) is 5.11 Å². The number of hydrogen-bond donors (Lipinski definition) is 1. The Bertz CT molecular complexity index is 466. The van der Waals surface area contributed by atoms with Crippen molar-refractivity contribution in [1.29, 1.82) is 0 Å². The topological polar surface area (TPSA) is 38.7 Å². The molecule has 2 atom stereocenters. The molecule has 0 amide bonds. The Labute approximate surface area is 127 Å². The molecule has 1 N–H and O–H groups in total. The van der Waals surface area contributed by atoms with Gasteiger partial charge in [-0.15, -0.1) is 0 Å². The van der Waals surface area contributed by atoms with E-state index in [4.69, 9.17) is 9.47 Å². The van der Waals surface area contributed by atoms with E-state index in [1.54, 1.807) is 0 Å². The van der Waals surface area contributed by atoms with Gasteiger partial charge in [-0.3, -0.25) is 0 Å². The van der Waals surface area contributed by atoms with E-state index in [0.717, 1.165) is 51.1 Å². The first-order chi connectivity index (χ1) is 10.0. The van der Waals surface area contributed by atoms with E-state index in [1.807, 2.05) is 6.92 Å². The SMILES string of the molecule is Cc1ccc(C(C)(O)C2CCOC3(CCOCC3)C2)cc1. The van der Waals surface area contributed by atoms with Gasteiger partial charge in [0, 0.05) is 19.8 Å². The van der Waals surface area contributed by atoms with Crippen LogP contribution in [0, 0.1) is 12.8 Å². The van der Waals surface area contributed by atoms with Gasteiger partial charge in [-0.1, -0.05) is 29.8 Å². The fourth-order valence-corrected chi connectivity index (χ4v) is 3.73. The van der Waals surface area contributed by atoms with Gasteiger partial charge in [-0.2, -0.15) is 0 Å². The molecule has 0 bridgehead atoms. The van der Waals surface area contributed by atoms with Crippen LogP contribution in [-0.2, 0) is 15.1 Å². The van der Waals surface area contributed by atoms with Gasteiger partial charge in [-0.05, 0) is 51.0 Å². The molecule has 1 spiro atoms. The fourth-order valence-electron chi connectivity index (χ4n) is 3.73. The van der Waals surface area contributed by atoms with Crippen molar-refractivity contribution in [2.45, 2.75) is 50.7 Å². The third-order valence-electron chi connectivity index (χ3n) is 5.33. The van der Waals surface area contributed by atoms with Crippen LogP contribution in [0.2, 0.25) is 0 Å². The Balaban J connectivity index is 1.79. The van der Waals surface area contributed by atoms with Gasteiger partial charge < -0.3 is 14.6 Å². The first-order valence-electron chi connectivity index (χ1n) is 8.03. The van der Waals surface area contributed by atoms with Gasteiger partial charge >= 0.3 is 0 Å². The molecular weight excluding hydrogens is 264 g/mol. The third-order valence-corrected chi connectivity index (χ3v) is 5.33. The molecule has 0 aliphatic carbocycles. The van der Waals surface area contributed by atoms with Gasteiger partial charge in [0.15, 0.2) is 0 Å². The van der Waals surface area contributed by atoms with Crippen LogP contribution in [0.1, 0.15) is 43.7 Å². The van der Waals surface area contributed by atoms with Crippen LogP contribution in [-0.4, -0.2) is 30.5 Å². The molecular formula is C18H26O3. The molecule has 1 aromatic carbocycles. The first kappa shape index (κ1) is 15.0. The molecule has 2 aliphatic rings. The van der Waals surface area contributed by atoms with E-state index in [2.05, 4.69) is 31.2 Å². The van der Waals surface area contributed by atoms with Crippen LogP contribution in [0.4, 0.5) is 0 Å². The van der Waals surface area contributed by atoms with E-state index in [1.165, 1.54) is 5.56 Å². The van der Waals surface area contributed by atoms with Gasteiger partial charge in [-0.25, -0.2) is 0 Å².